The van der Waals surface area contributed by atoms with E-state index in [1.54, 1.807) is 18.2 Å². The van der Waals surface area contributed by atoms with Crippen LogP contribution < -0.4 is 10.1 Å². The van der Waals surface area contributed by atoms with Crippen molar-refractivity contribution in [2.45, 2.75) is 26.2 Å². The first kappa shape index (κ1) is 22.1. The summed E-state index contributed by atoms with van der Waals surface area (Å²) in [5.41, 5.74) is 1.92. The number of ketones is 1. The Hall–Kier alpha value is -3.22. The van der Waals surface area contributed by atoms with Crippen LogP contribution >= 0.6 is 0 Å². The highest BCUT2D eigenvalue weighted by Crippen LogP contribution is 2.18. The van der Waals surface area contributed by atoms with Crippen molar-refractivity contribution in [1.29, 1.82) is 0 Å². The zero-order valence-electron chi connectivity index (χ0n) is 16.5. The van der Waals surface area contributed by atoms with E-state index in [2.05, 4.69) is 5.32 Å². The SMILES string of the molecule is COc1ccc(CC(=O)OCC(=O)c2ccc(CCCNC(C)=O)cc2)cc1F. The number of carbonyl (C=O) groups is 3. The minimum absolute atomic E-state index is 0.0578. The fraction of sp³-hybridized carbons (Fsp3) is 0.318. The first-order chi connectivity index (χ1) is 13.9. The van der Waals surface area contributed by atoms with E-state index in [9.17, 15) is 18.8 Å². The molecule has 0 aliphatic rings. The molecule has 0 atom stereocenters. The standard InChI is InChI=1S/C22H24FNO5/c1-15(25)24-11-3-4-16-5-8-18(9-6-16)20(26)14-29-22(27)13-17-7-10-21(28-2)19(23)12-17/h5-10,12H,3-4,11,13-14H2,1-2H3,(H,24,25). The Bertz CT molecular complexity index is 864. The number of Topliss-reactive ketones (excluding diaryl/α,β-unsaturated/α-hetero) is 1. The van der Waals surface area contributed by atoms with Gasteiger partial charge in [0.05, 0.1) is 13.5 Å². The summed E-state index contributed by atoms with van der Waals surface area (Å²) in [4.78, 5) is 34.9. The normalized spacial score (nSPS) is 10.3. The van der Waals surface area contributed by atoms with Gasteiger partial charge in [-0.1, -0.05) is 30.3 Å². The van der Waals surface area contributed by atoms with Gasteiger partial charge >= 0.3 is 5.97 Å². The molecule has 2 aromatic carbocycles. The number of hydrogen-bond acceptors (Lipinski definition) is 5. The zero-order chi connectivity index (χ0) is 21.2. The Morgan fingerprint density at radius 3 is 2.34 bits per heavy atom. The van der Waals surface area contributed by atoms with E-state index in [0.29, 0.717) is 17.7 Å². The molecular formula is C22H24FNO5. The molecule has 29 heavy (non-hydrogen) atoms. The molecule has 0 aliphatic heterocycles. The summed E-state index contributed by atoms with van der Waals surface area (Å²) in [6.45, 7) is 1.70. The summed E-state index contributed by atoms with van der Waals surface area (Å²) < 4.78 is 23.5. The molecule has 0 fully saturated rings. The van der Waals surface area contributed by atoms with E-state index in [4.69, 9.17) is 9.47 Å². The van der Waals surface area contributed by atoms with E-state index in [1.807, 2.05) is 12.1 Å². The lowest BCUT2D eigenvalue weighted by molar-refractivity contribution is -0.141. The maximum Gasteiger partial charge on any atom is 0.310 e. The molecule has 0 unspecified atom stereocenters. The molecule has 0 bridgehead atoms. The van der Waals surface area contributed by atoms with E-state index < -0.39 is 11.8 Å². The maximum absolute atomic E-state index is 13.7. The molecule has 6 nitrogen and oxygen atoms in total. The number of nitrogens with one attached hydrogen (secondary N) is 1. The Morgan fingerprint density at radius 2 is 1.72 bits per heavy atom. The molecule has 0 saturated carbocycles. The fourth-order valence-electron chi connectivity index (χ4n) is 2.68. The van der Waals surface area contributed by atoms with Gasteiger partial charge in [0, 0.05) is 19.0 Å². The Kier molecular flexibility index (Phi) is 8.33. The van der Waals surface area contributed by atoms with Crippen molar-refractivity contribution in [2.24, 2.45) is 0 Å². The average molecular weight is 401 g/mol. The molecule has 0 spiro atoms. The van der Waals surface area contributed by atoms with Crippen LogP contribution in [0.2, 0.25) is 0 Å². The summed E-state index contributed by atoms with van der Waals surface area (Å²) in [5.74, 6) is -1.46. The quantitative estimate of drug-likeness (QED) is 0.376. The van der Waals surface area contributed by atoms with E-state index in [0.717, 1.165) is 18.4 Å². The smallest absolute Gasteiger partial charge is 0.310 e. The molecule has 0 radical (unpaired) electrons. The molecule has 1 N–H and O–H groups in total. The van der Waals surface area contributed by atoms with Crippen molar-refractivity contribution in [3.8, 4) is 5.75 Å². The highest BCUT2D eigenvalue weighted by Gasteiger charge is 2.12. The first-order valence-corrected chi connectivity index (χ1v) is 9.23. The van der Waals surface area contributed by atoms with E-state index >= 15 is 0 Å². The average Bonchev–Trinajstić information content (AvgIpc) is 2.70. The number of esters is 1. The summed E-state index contributed by atoms with van der Waals surface area (Å²) in [6.07, 6.45) is 1.44. The van der Waals surface area contributed by atoms with E-state index in [1.165, 1.54) is 26.2 Å². The summed E-state index contributed by atoms with van der Waals surface area (Å²) >= 11 is 0. The van der Waals surface area contributed by atoms with Gasteiger partial charge in [-0.25, -0.2) is 4.39 Å². The molecule has 0 heterocycles. The van der Waals surface area contributed by atoms with Gasteiger partial charge in [-0.3, -0.25) is 14.4 Å². The van der Waals surface area contributed by atoms with Gasteiger partial charge in [0.15, 0.2) is 24.0 Å². The number of ether oxygens (including phenoxy) is 2. The molecule has 2 rings (SSSR count). The van der Waals surface area contributed by atoms with Crippen molar-refractivity contribution >= 4 is 17.7 Å². The van der Waals surface area contributed by atoms with E-state index in [-0.39, 0.29) is 30.5 Å². The Morgan fingerprint density at radius 1 is 1.03 bits per heavy atom. The van der Waals surface area contributed by atoms with Crippen molar-refractivity contribution in [3.63, 3.8) is 0 Å². The fourth-order valence-corrected chi connectivity index (χ4v) is 2.68. The number of benzene rings is 2. The predicted molar refractivity (Wildman–Crippen MR) is 105 cm³/mol. The van der Waals surface area contributed by atoms with Crippen LogP contribution in [0.4, 0.5) is 4.39 Å². The second-order valence-electron chi connectivity index (χ2n) is 6.51. The highest BCUT2D eigenvalue weighted by atomic mass is 19.1. The third kappa shape index (κ3) is 7.37. The predicted octanol–water partition coefficient (Wildman–Crippen LogP) is 2.87. The number of rotatable bonds is 10. The van der Waals surface area contributed by atoms with Crippen LogP contribution in [0.15, 0.2) is 42.5 Å². The lowest BCUT2D eigenvalue weighted by Gasteiger charge is -2.07. The van der Waals surface area contributed by atoms with Crippen LogP contribution in [0.3, 0.4) is 0 Å². The van der Waals surface area contributed by atoms with Gasteiger partial charge in [0.25, 0.3) is 0 Å². The number of methoxy groups -OCH3 is 1. The molecule has 7 heteroatoms. The minimum atomic E-state index is -0.613. The van der Waals surface area contributed by atoms with Crippen molar-refractivity contribution in [2.75, 3.05) is 20.3 Å². The highest BCUT2D eigenvalue weighted by molar-refractivity contribution is 5.98. The van der Waals surface area contributed by atoms with Gasteiger partial charge in [-0.05, 0) is 36.1 Å². The van der Waals surface area contributed by atoms with Crippen LogP contribution in [-0.2, 0) is 27.2 Å². The second-order valence-corrected chi connectivity index (χ2v) is 6.51. The van der Waals surface area contributed by atoms with Gasteiger partial charge < -0.3 is 14.8 Å². The summed E-state index contributed by atoms with van der Waals surface area (Å²) in [5, 5.41) is 2.73. The Balaban J connectivity index is 1.78. The van der Waals surface area contributed by atoms with Gasteiger partial charge in [-0.2, -0.15) is 0 Å². The molecule has 154 valence electrons. The first-order valence-electron chi connectivity index (χ1n) is 9.23. The molecule has 1 amide bonds. The lowest BCUT2D eigenvalue weighted by Crippen LogP contribution is -2.21. The molecule has 0 aliphatic carbocycles. The lowest BCUT2D eigenvalue weighted by atomic mass is 10.1. The molecule has 0 saturated heterocycles. The largest absolute Gasteiger partial charge is 0.494 e. The van der Waals surface area contributed by atoms with Crippen LogP contribution in [0.25, 0.3) is 0 Å². The van der Waals surface area contributed by atoms with Gasteiger partial charge in [0.2, 0.25) is 5.91 Å². The number of halogens is 1. The monoisotopic (exact) mass is 401 g/mol. The summed E-state index contributed by atoms with van der Waals surface area (Å²) in [6, 6.07) is 11.2. The number of hydrogen-bond donors (Lipinski definition) is 1. The van der Waals surface area contributed by atoms with Crippen molar-refractivity contribution in [1.82, 2.24) is 5.32 Å². The minimum Gasteiger partial charge on any atom is -0.494 e. The third-order valence-corrected chi connectivity index (χ3v) is 4.22. The number of aryl methyl sites for hydroxylation is 1. The molecule has 2 aromatic rings. The second kappa shape index (κ2) is 10.9. The van der Waals surface area contributed by atoms with Crippen LogP contribution in [0.1, 0.15) is 34.8 Å². The number of amides is 1. The summed E-state index contributed by atoms with van der Waals surface area (Å²) in [7, 11) is 1.36. The van der Waals surface area contributed by atoms with Crippen LogP contribution in [-0.4, -0.2) is 37.9 Å². The van der Waals surface area contributed by atoms with Gasteiger partial charge in [0.1, 0.15) is 0 Å². The third-order valence-electron chi connectivity index (χ3n) is 4.22. The zero-order valence-corrected chi connectivity index (χ0v) is 16.5. The van der Waals surface area contributed by atoms with Gasteiger partial charge in [-0.15, -0.1) is 0 Å². The van der Waals surface area contributed by atoms with Crippen LogP contribution in [0, 0.1) is 5.82 Å². The topological polar surface area (TPSA) is 81.7 Å². The maximum atomic E-state index is 13.7. The number of carbonyl (C=O) groups excluding carboxylic acids is 3. The van der Waals surface area contributed by atoms with Crippen molar-refractivity contribution in [3.05, 3.63) is 65.0 Å². The molecule has 0 aromatic heterocycles. The van der Waals surface area contributed by atoms with Crippen LogP contribution in [0.5, 0.6) is 5.75 Å². The Labute approximate surface area is 169 Å². The molecular weight excluding hydrogens is 377 g/mol. The van der Waals surface area contributed by atoms with Crippen molar-refractivity contribution < 1.29 is 28.2 Å².